The monoisotopic (exact) mass is 279 g/mol. The smallest absolute Gasteiger partial charge is 0.326 e. The molecule has 1 heterocycles. The van der Waals surface area contributed by atoms with Gasteiger partial charge in [-0.15, -0.1) is 0 Å². The summed E-state index contributed by atoms with van der Waals surface area (Å²) in [6.45, 7) is 0. The third kappa shape index (κ3) is 2.48. The fraction of sp³-hybridized carbons (Fsp3) is 0.118. The lowest BCUT2D eigenvalue weighted by Crippen LogP contribution is -2.30. The average molecular weight is 279 g/mol. The second kappa shape index (κ2) is 5.32. The number of amides is 2. The average Bonchev–Trinajstić information content (AvgIpc) is 2.84. The lowest BCUT2D eigenvalue weighted by atomic mass is 10.2. The van der Waals surface area contributed by atoms with Crippen molar-refractivity contribution in [2.45, 2.75) is 0 Å². The Kier molecular flexibility index (Phi) is 3.36. The number of hydrogen-bond acceptors (Lipinski definition) is 1. The van der Waals surface area contributed by atoms with Gasteiger partial charge in [0.05, 0.1) is 5.69 Å². The molecular weight excluding hydrogens is 262 g/mol. The summed E-state index contributed by atoms with van der Waals surface area (Å²) in [5, 5.41) is 4.01. The highest BCUT2D eigenvalue weighted by molar-refractivity contribution is 6.07. The van der Waals surface area contributed by atoms with E-state index >= 15 is 0 Å². The van der Waals surface area contributed by atoms with E-state index in [4.69, 9.17) is 0 Å². The number of anilines is 2. The second-order valence-electron chi connectivity index (χ2n) is 5.00. The van der Waals surface area contributed by atoms with Gasteiger partial charge < -0.3 is 9.88 Å². The summed E-state index contributed by atoms with van der Waals surface area (Å²) >= 11 is 0. The Labute approximate surface area is 123 Å². The van der Waals surface area contributed by atoms with Crippen LogP contribution in [0, 0.1) is 0 Å². The first-order chi connectivity index (χ1) is 10.2. The lowest BCUT2D eigenvalue weighted by molar-refractivity contribution is 0.258. The van der Waals surface area contributed by atoms with Crippen LogP contribution >= 0.6 is 0 Å². The molecule has 0 aliphatic rings. The molecule has 0 atom stereocenters. The van der Waals surface area contributed by atoms with Crippen LogP contribution in [0.2, 0.25) is 0 Å². The molecule has 0 spiro atoms. The van der Waals surface area contributed by atoms with Crippen molar-refractivity contribution in [3.05, 3.63) is 60.8 Å². The Morgan fingerprint density at radius 1 is 1.05 bits per heavy atom. The van der Waals surface area contributed by atoms with Crippen molar-refractivity contribution in [2.24, 2.45) is 7.05 Å². The number of nitrogens with zero attached hydrogens (tertiary/aromatic N) is 2. The van der Waals surface area contributed by atoms with Crippen LogP contribution in [0.4, 0.5) is 16.2 Å². The topological polar surface area (TPSA) is 37.3 Å². The van der Waals surface area contributed by atoms with E-state index in [1.807, 2.05) is 72.4 Å². The number of fused-ring (bicyclic) bond motifs is 1. The van der Waals surface area contributed by atoms with Crippen LogP contribution in [-0.4, -0.2) is 17.6 Å². The summed E-state index contributed by atoms with van der Waals surface area (Å²) in [5.41, 5.74) is 2.77. The quantitative estimate of drug-likeness (QED) is 0.760. The summed E-state index contributed by atoms with van der Waals surface area (Å²) in [7, 11) is 3.73. The number of aromatic nitrogens is 1. The van der Waals surface area contributed by atoms with Crippen LogP contribution in [0.5, 0.6) is 0 Å². The number of benzene rings is 2. The van der Waals surface area contributed by atoms with Crippen molar-refractivity contribution in [3.8, 4) is 0 Å². The van der Waals surface area contributed by atoms with E-state index in [2.05, 4.69) is 5.32 Å². The highest BCUT2D eigenvalue weighted by Crippen LogP contribution is 2.25. The van der Waals surface area contributed by atoms with Gasteiger partial charge in [-0.3, -0.25) is 4.90 Å². The zero-order valence-corrected chi connectivity index (χ0v) is 12.1. The Bertz CT molecular complexity index is 777. The zero-order valence-electron chi connectivity index (χ0n) is 12.1. The number of aryl methyl sites for hydroxylation is 1. The van der Waals surface area contributed by atoms with E-state index in [-0.39, 0.29) is 6.03 Å². The molecule has 1 aromatic heterocycles. The highest BCUT2D eigenvalue weighted by Gasteiger charge is 2.13. The molecular formula is C17H17N3O. The molecule has 4 heteroatoms. The van der Waals surface area contributed by atoms with Gasteiger partial charge >= 0.3 is 6.03 Å². The maximum absolute atomic E-state index is 12.4. The molecule has 3 rings (SSSR count). The number of hydrogen-bond donors (Lipinski definition) is 1. The van der Waals surface area contributed by atoms with Gasteiger partial charge in [-0.1, -0.05) is 36.4 Å². The van der Waals surface area contributed by atoms with Crippen molar-refractivity contribution in [2.75, 3.05) is 17.3 Å². The van der Waals surface area contributed by atoms with Gasteiger partial charge in [0, 0.05) is 36.9 Å². The van der Waals surface area contributed by atoms with Gasteiger partial charge in [-0.05, 0) is 18.2 Å². The van der Waals surface area contributed by atoms with Crippen LogP contribution in [0.1, 0.15) is 0 Å². The van der Waals surface area contributed by atoms with Gasteiger partial charge in [-0.2, -0.15) is 0 Å². The number of para-hydroxylation sites is 2. The van der Waals surface area contributed by atoms with E-state index < -0.39 is 0 Å². The molecule has 0 unspecified atom stereocenters. The number of nitrogens with one attached hydrogen (secondary N) is 1. The third-order valence-electron chi connectivity index (χ3n) is 3.59. The Morgan fingerprint density at radius 2 is 1.71 bits per heavy atom. The zero-order chi connectivity index (χ0) is 14.8. The van der Waals surface area contributed by atoms with Crippen LogP contribution in [0.3, 0.4) is 0 Å². The lowest BCUT2D eigenvalue weighted by Gasteiger charge is -2.17. The predicted octanol–water partition coefficient (Wildman–Crippen LogP) is 3.85. The third-order valence-corrected chi connectivity index (χ3v) is 3.59. The molecule has 0 aliphatic heterocycles. The van der Waals surface area contributed by atoms with Crippen molar-refractivity contribution in [1.82, 2.24) is 4.57 Å². The van der Waals surface area contributed by atoms with Gasteiger partial charge in [0.25, 0.3) is 0 Å². The van der Waals surface area contributed by atoms with Gasteiger partial charge in [0.1, 0.15) is 0 Å². The minimum atomic E-state index is -0.155. The van der Waals surface area contributed by atoms with Crippen LogP contribution < -0.4 is 10.2 Å². The molecule has 0 bridgehead atoms. The van der Waals surface area contributed by atoms with Crippen molar-refractivity contribution in [3.63, 3.8) is 0 Å². The first-order valence-corrected chi connectivity index (χ1v) is 6.80. The Balaban J connectivity index is 1.87. The normalized spacial score (nSPS) is 10.6. The van der Waals surface area contributed by atoms with Crippen molar-refractivity contribution < 1.29 is 4.79 Å². The molecule has 0 saturated heterocycles. The Hall–Kier alpha value is -2.75. The summed E-state index contributed by atoms with van der Waals surface area (Å²) in [6, 6.07) is 17.4. The van der Waals surface area contributed by atoms with Crippen molar-refractivity contribution in [1.29, 1.82) is 0 Å². The van der Waals surface area contributed by atoms with Gasteiger partial charge in [0.2, 0.25) is 0 Å². The fourth-order valence-corrected chi connectivity index (χ4v) is 2.41. The highest BCUT2D eigenvalue weighted by atomic mass is 16.2. The van der Waals surface area contributed by atoms with E-state index in [0.29, 0.717) is 0 Å². The molecule has 21 heavy (non-hydrogen) atoms. The van der Waals surface area contributed by atoms with E-state index in [1.165, 1.54) is 0 Å². The minimum Gasteiger partial charge on any atom is -0.348 e. The molecule has 106 valence electrons. The molecule has 0 fully saturated rings. The summed E-state index contributed by atoms with van der Waals surface area (Å²) in [5.74, 6) is 0. The van der Waals surface area contributed by atoms with Crippen LogP contribution in [0.25, 0.3) is 10.9 Å². The van der Waals surface area contributed by atoms with Gasteiger partial charge in [-0.25, -0.2) is 4.79 Å². The van der Waals surface area contributed by atoms with Crippen LogP contribution in [0.15, 0.2) is 60.8 Å². The van der Waals surface area contributed by atoms with E-state index in [9.17, 15) is 4.79 Å². The molecule has 0 radical (unpaired) electrons. The summed E-state index contributed by atoms with van der Waals surface area (Å²) in [4.78, 5) is 14.0. The van der Waals surface area contributed by atoms with Gasteiger partial charge in [0.15, 0.2) is 0 Å². The van der Waals surface area contributed by atoms with E-state index in [0.717, 1.165) is 22.3 Å². The van der Waals surface area contributed by atoms with E-state index in [1.54, 1.807) is 11.9 Å². The first kappa shape index (κ1) is 13.2. The number of rotatable bonds is 2. The van der Waals surface area contributed by atoms with Crippen molar-refractivity contribution >= 4 is 28.3 Å². The summed E-state index contributed by atoms with van der Waals surface area (Å²) in [6.07, 6.45) is 1.93. The minimum absolute atomic E-state index is 0.155. The molecule has 0 saturated carbocycles. The molecule has 3 aromatic rings. The first-order valence-electron chi connectivity index (χ1n) is 6.80. The SMILES string of the molecule is CN(C(=O)Nc1cn(C)c2ccccc12)c1ccccc1. The predicted molar refractivity (Wildman–Crippen MR) is 86.8 cm³/mol. The molecule has 0 aliphatic carbocycles. The maximum Gasteiger partial charge on any atom is 0.326 e. The fourth-order valence-electron chi connectivity index (χ4n) is 2.41. The Morgan fingerprint density at radius 3 is 2.48 bits per heavy atom. The summed E-state index contributed by atoms with van der Waals surface area (Å²) < 4.78 is 2.01. The molecule has 4 nitrogen and oxygen atoms in total. The standard InChI is InChI=1S/C17H17N3O/c1-19-12-15(14-10-6-7-11-16(14)19)18-17(21)20(2)13-8-4-3-5-9-13/h3-12H,1-2H3,(H,18,21). The number of carbonyl (C=O) groups is 1. The largest absolute Gasteiger partial charge is 0.348 e. The maximum atomic E-state index is 12.4. The van der Waals surface area contributed by atoms with Crippen LogP contribution in [-0.2, 0) is 7.05 Å². The molecule has 1 N–H and O–H groups in total. The molecule has 2 amide bonds. The second-order valence-corrected chi connectivity index (χ2v) is 5.00. The number of carbonyl (C=O) groups excluding carboxylic acids is 1. The number of urea groups is 1. The molecule has 2 aromatic carbocycles.